The van der Waals surface area contributed by atoms with Gasteiger partial charge in [0.15, 0.2) is 0 Å². The van der Waals surface area contributed by atoms with E-state index in [0.29, 0.717) is 0 Å². The van der Waals surface area contributed by atoms with Crippen LogP contribution in [0.4, 0.5) is 0 Å². The molecule has 0 aromatic rings. The molecule has 18 atom stereocenters. The molecule has 1 unspecified atom stereocenters. The maximum absolute atomic E-state index is 12.7. The van der Waals surface area contributed by atoms with Crippen LogP contribution in [0.5, 0.6) is 0 Å². The Bertz CT molecular complexity index is 1590. The zero-order valence-corrected chi connectivity index (χ0v) is 32.7. The van der Waals surface area contributed by atoms with E-state index in [4.69, 9.17) is 23.7 Å². The predicted molar refractivity (Wildman–Crippen MR) is 188 cm³/mol. The van der Waals surface area contributed by atoms with Crippen molar-refractivity contribution in [2.24, 2.45) is 0 Å². The molecule has 3 aliphatic rings. The van der Waals surface area contributed by atoms with Crippen molar-refractivity contribution in [3.8, 4) is 0 Å². The van der Waals surface area contributed by atoms with Crippen LogP contribution in [0.1, 0.15) is 40.0 Å². The lowest BCUT2D eigenvalue weighted by Crippen LogP contribution is -2.69. The van der Waals surface area contributed by atoms with Gasteiger partial charge in [0.1, 0.15) is 54.9 Å². The topological polar surface area (TPSA) is 468 Å². The standard InChI is InChI=1S/C33H53N3O25/c1-10(38)34-19-13(41)4-31(56,28(50)51)59-25(19)23(48)17(45)8-57-33(30(54)55)6-15(43)21(36-12(3)40)27(61-33)24(49)18(46)9-58-32(29(52)53)5-14(42)20(35-11(2)39)26(60-32)22(47)16(44)7-37/h13-27,37,41-49,56H,4-9H2,1-3H3,(H,34,38)(H,35,39)(H,36,40)(H,50,51)(H,52,53)(H,54,55)/t13-,14-,15-,16+,17+,18+,19+,20+,21+,22+,23+,24+,25+,26+,27+,31?,32+,33+/m0/s1. The van der Waals surface area contributed by atoms with Gasteiger partial charge in [0, 0.05) is 40.0 Å². The largest absolute Gasteiger partial charge is 0.477 e. The number of rotatable bonds is 19. The lowest BCUT2D eigenvalue weighted by Gasteiger charge is -2.48. The number of aliphatic carboxylic acids is 3. The Balaban J connectivity index is 1.90. The number of aliphatic hydroxyl groups is 11. The third-order valence-corrected chi connectivity index (χ3v) is 10.2. The number of carbonyl (C=O) groups is 6. The van der Waals surface area contributed by atoms with Gasteiger partial charge in [-0.1, -0.05) is 0 Å². The van der Waals surface area contributed by atoms with Gasteiger partial charge in [-0.05, 0) is 0 Å². The molecule has 61 heavy (non-hydrogen) atoms. The molecule has 3 fully saturated rings. The van der Waals surface area contributed by atoms with E-state index in [1.54, 1.807) is 0 Å². The van der Waals surface area contributed by atoms with E-state index in [1.807, 2.05) is 0 Å². The number of ether oxygens (including phenoxy) is 5. The second-order valence-electron chi connectivity index (χ2n) is 14.9. The average molecular weight is 892 g/mol. The fourth-order valence-electron chi connectivity index (χ4n) is 7.11. The van der Waals surface area contributed by atoms with Crippen LogP contribution in [0, 0.1) is 0 Å². The minimum Gasteiger partial charge on any atom is -0.477 e. The summed E-state index contributed by atoms with van der Waals surface area (Å²) in [5.41, 5.74) is 0. The second kappa shape index (κ2) is 20.6. The molecule has 0 saturated carbocycles. The van der Waals surface area contributed by atoms with E-state index in [-0.39, 0.29) is 0 Å². The van der Waals surface area contributed by atoms with Gasteiger partial charge in [-0.15, -0.1) is 0 Å². The highest BCUT2D eigenvalue weighted by atomic mass is 16.7. The van der Waals surface area contributed by atoms with Crippen LogP contribution in [0.2, 0.25) is 0 Å². The van der Waals surface area contributed by atoms with E-state index in [0.717, 1.165) is 20.8 Å². The molecule has 0 aliphatic carbocycles. The smallest absolute Gasteiger partial charge is 0.364 e. The number of carboxylic acids is 3. The molecule has 3 aliphatic heterocycles. The van der Waals surface area contributed by atoms with Crippen molar-refractivity contribution in [3.05, 3.63) is 0 Å². The Morgan fingerprint density at radius 3 is 1.16 bits per heavy atom. The molecule has 28 heteroatoms. The first-order chi connectivity index (χ1) is 28.1. The maximum atomic E-state index is 12.7. The van der Waals surface area contributed by atoms with Crippen LogP contribution >= 0.6 is 0 Å². The Morgan fingerprint density at radius 2 is 0.869 bits per heavy atom. The number of nitrogens with one attached hydrogen (secondary N) is 3. The molecule has 0 aromatic heterocycles. The molecular weight excluding hydrogens is 838 g/mol. The summed E-state index contributed by atoms with van der Waals surface area (Å²) in [6.45, 7) is -0.861. The average Bonchev–Trinajstić information content (AvgIpc) is 3.16. The quantitative estimate of drug-likeness (QED) is 0.0572. The highest BCUT2D eigenvalue weighted by molar-refractivity contribution is 5.78. The zero-order chi connectivity index (χ0) is 46.5. The van der Waals surface area contributed by atoms with Crippen molar-refractivity contribution in [1.29, 1.82) is 0 Å². The first-order valence-corrected chi connectivity index (χ1v) is 18.4. The summed E-state index contributed by atoms with van der Waals surface area (Å²) in [5, 5.41) is 154. The molecule has 28 nitrogen and oxygen atoms in total. The molecule has 0 spiro atoms. The Labute approximate surface area is 344 Å². The van der Waals surface area contributed by atoms with Gasteiger partial charge in [-0.25, -0.2) is 14.4 Å². The van der Waals surface area contributed by atoms with Gasteiger partial charge in [-0.2, -0.15) is 0 Å². The molecule has 350 valence electrons. The van der Waals surface area contributed by atoms with E-state index < -0.39 is 183 Å². The van der Waals surface area contributed by atoms with E-state index in [1.165, 1.54) is 0 Å². The molecule has 0 aromatic carbocycles. The van der Waals surface area contributed by atoms with Crippen LogP contribution < -0.4 is 16.0 Å². The number of carboxylic acid groups (broad SMARTS) is 3. The van der Waals surface area contributed by atoms with Gasteiger partial charge in [-0.3, -0.25) is 14.4 Å². The third kappa shape index (κ3) is 11.8. The molecule has 3 amide bonds. The molecule has 0 radical (unpaired) electrons. The van der Waals surface area contributed by atoms with Crippen LogP contribution in [0.15, 0.2) is 0 Å². The number of hydrogen-bond acceptors (Lipinski definition) is 22. The summed E-state index contributed by atoms with van der Waals surface area (Å²) in [5.74, 6) is -18.0. The fourth-order valence-corrected chi connectivity index (χ4v) is 7.11. The maximum Gasteiger partial charge on any atom is 0.364 e. The summed E-state index contributed by atoms with van der Waals surface area (Å²) in [6, 6.07) is -5.07. The molecule has 0 bridgehead atoms. The van der Waals surface area contributed by atoms with Crippen molar-refractivity contribution >= 4 is 35.6 Å². The number of hydrogen-bond donors (Lipinski definition) is 17. The Hall–Kier alpha value is -3.82. The van der Waals surface area contributed by atoms with E-state index in [2.05, 4.69) is 16.0 Å². The van der Waals surface area contributed by atoms with Gasteiger partial charge in [0.05, 0.1) is 56.3 Å². The number of aliphatic hydroxyl groups excluding tert-OH is 10. The highest BCUT2D eigenvalue weighted by Crippen LogP contribution is 2.37. The van der Waals surface area contributed by atoms with E-state index in [9.17, 15) is 100 Å². The normalized spacial score (nSPS) is 37.2. The molecule has 3 saturated heterocycles. The summed E-state index contributed by atoms with van der Waals surface area (Å²) in [7, 11) is 0. The summed E-state index contributed by atoms with van der Waals surface area (Å²) in [6.07, 6.45) is -29.2. The van der Waals surface area contributed by atoms with E-state index >= 15 is 0 Å². The van der Waals surface area contributed by atoms with Gasteiger partial charge < -0.3 is 111 Å². The predicted octanol–water partition coefficient (Wildman–Crippen LogP) is -9.52. The minimum absolute atomic E-state index is 0.803. The van der Waals surface area contributed by atoms with Crippen LogP contribution in [-0.4, -0.2) is 236 Å². The summed E-state index contributed by atoms with van der Waals surface area (Å²) < 4.78 is 26.7. The molecule has 3 heterocycles. The van der Waals surface area contributed by atoms with Crippen molar-refractivity contribution in [3.63, 3.8) is 0 Å². The second-order valence-corrected chi connectivity index (χ2v) is 14.9. The molecule has 3 rings (SSSR count). The lowest BCUT2D eigenvalue weighted by molar-refractivity contribution is -0.329. The van der Waals surface area contributed by atoms with Gasteiger partial charge in [0.2, 0.25) is 17.7 Å². The van der Waals surface area contributed by atoms with Crippen molar-refractivity contribution in [2.45, 2.75) is 149 Å². The molecular formula is C33H53N3O25. The first kappa shape index (κ1) is 51.5. The zero-order valence-electron chi connectivity index (χ0n) is 32.7. The van der Waals surface area contributed by atoms with Crippen LogP contribution in [0.25, 0.3) is 0 Å². The third-order valence-electron chi connectivity index (χ3n) is 10.2. The van der Waals surface area contributed by atoms with Crippen LogP contribution in [-0.2, 0) is 52.5 Å². The van der Waals surface area contributed by atoms with Gasteiger partial charge in [0.25, 0.3) is 17.4 Å². The first-order valence-electron chi connectivity index (χ1n) is 18.4. The van der Waals surface area contributed by atoms with Crippen molar-refractivity contribution in [2.75, 3.05) is 19.8 Å². The summed E-state index contributed by atoms with van der Waals surface area (Å²) in [4.78, 5) is 72.7. The van der Waals surface area contributed by atoms with Crippen LogP contribution in [0.3, 0.4) is 0 Å². The lowest BCUT2D eigenvalue weighted by atomic mass is 9.87. The monoisotopic (exact) mass is 891 g/mol. The highest BCUT2D eigenvalue weighted by Gasteiger charge is 2.59. The summed E-state index contributed by atoms with van der Waals surface area (Å²) >= 11 is 0. The van der Waals surface area contributed by atoms with Gasteiger partial charge >= 0.3 is 17.9 Å². The Kier molecular flexibility index (Phi) is 17.4. The SMILES string of the molecule is CC(=O)N[C@H]1[C@H]([C@H](O)[C@H](O)CO[C@]2(C(=O)O)C[C@H](O)[C@@H](NC(C)=O)[C@H]([C@H](O)[C@H](O)CO[C@]3(C(=O)O)C[C@H](O)[C@@H](NC(C)=O)[C@H]([C@H](O)[C@H](O)CO)O3)O2)OC(O)(C(=O)O)C[C@@H]1O. The van der Waals surface area contributed by atoms with Crippen molar-refractivity contribution < 1.29 is 124 Å². The van der Waals surface area contributed by atoms with Crippen molar-refractivity contribution in [1.82, 2.24) is 16.0 Å². The minimum atomic E-state index is -3.15. The molecule has 17 N–H and O–H groups in total. The number of amides is 3. The fraction of sp³-hybridized carbons (Fsp3) is 0.818. The Morgan fingerprint density at radius 1 is 0.557 bits per heavy atom. The number of carbonyl (C=O) groups excluding carboxylic acids is 3.